The van der Waals surface area contributed by atoms with Gasteiger partial charge >= 0.3 is 0 Å². The first-order valence-electron chi connectivity index (χ1n) is 11.8. The molecule has 1 saturated heterocycles. The third kappa shape index (κ3) is 6.11. The van der Waals surface area contributed by atoms with Gasteiger partial charge in [0.1, 0.15) is 0 Å². The summed E-state index contributed by atoms with van der Waals surface area (Å²) in [7, 11) is -0.157. The standard InChI is InChI=1S/C26H32N4O4S/c1-29(2)24-12-11-21(19-23(24)26(31)27-13-6-14-30-15-17-34-18-16-30)28-35(32,33)25-10-5-8-20-7-3-4-9-22(20)25/h3-5,7-12,19,28H,6,13-18H2,1-2H3,(H,27,31). The van der Waals surface area contributed by atoms with Crippen molar-refractivity contribution >= 4 is 38.1 Å². The lowest BCUT2D eigenvalue weighted by Crippen LogP contribution is -2.38. The van der Waals surface area contributed by atoms with E-state index in [4.69, 9.17) is 4.74 Å². The van der Waals surface area contributed by atoms with Crippen molar-refractivity contribution in [3.05, 3.63) is 66.2 Å². The molecule has 1 aliphatic heterocycles. The van der Waals surface area contributed by atoms with Gasteiger partial charge in [0.25, 0.3) is 15.9 Å². The average Bonchev–Trinajstić information content (AvgIpc) is 2.86. The molecule has 3 aromatic carbocycles. The van der Waals surface area contributed by atoms with E-state index >= 15 is 0 Å². The van der Waals surface area contributed by atoms with Crippen LogP contribution in [0.4, 0.5) is 11.4 Å². The van der Waals surface area contributed by atoms with E-state index in [1.165, 1.54) is 0 Å². The molecule has 0 atom stereocenters. The fourth-order valence-electron chi connectivity index (χ4n) is 4.24. The third-order valence-electron chi connectivity index (χ3n) is 6.05. The molecule has 0 aliphatic carbocycles. The van der Waals surface area contributed by atoms with Crippen molar-refractivity contribution in [1.82, 2.24) is 10.2 Å². The van der Waals surface area contributed by atoms with E-state index in [1.807, 2.05) is 43.3 Å². The maximum absolute atomic E-state index is 13.2. The Balaban J connectivity index is 1.49. The summed E-state index contributed by atoms with van der Waals surface area (Å²) in [4.78, 5) is 17.4. The van der Waals surface area contributed by atoms with Crippen molar-refractivity contribution in [3.63, 3.8) is 0 Å². The lowest BCUT2D eigenvalue weighted by atomic mass is 10.1. The molecule has 0 aromatic heterocycles. The highest BCUT2D eigenvalue weighted by molar-refractivity contribution is 7.93. The van der Waals surface area contributed by atoms with Crippen molar-refractivity contribution in [2.24, 2.45) is 0 Å². The van der Waals surface area contributed by atoms with E-state index in [1.54, 1.807) is 36.4 Å². The number of hydrogen-bond donors (Lipinski definition) is 2. The molecule has 9 heteroatoms. The largest absolute Gasteiger partial charge is 0.379 e. The zero-order valence-electron chi connectivity index (χ0n) is 20.2. The summed E-state index contributed by atoms with van der Waals surface area (Å²) in [5.41, 5.74) is 1.46. The van der Waals surface area contributed by atoms with E-state index in [0.29, 0.717) is 28.9 Å². The zero-order valence-corrected chi connectivity index (χ0v) is 21.0. The quantitative estimate of drug-likeness (QED) is 0.442. The number of carbonyl (C=O) groups is 1. The molecule has 4 rings (SSSR count). The molecule has 0 saturated carbocycles. The second-order valence-electron chi connectivity index (χ2n) is 8.77. The van der Waals surface area contributed by atoms with Gasteiger partial charge in [-0.05, 0) is 42.6 Å². The number of nitrogens with zero attached hydrogens (tertiary/aromatic N) is 2. The Bertz CT molecular complexity index is 1280. The van der Waals surface area contributed by atoms with Crippen molar-refractivity contribution in [2.75, 3.05) is 63.1 Å². The van der Waals surface area contributed by atoms with Gasteiger partial charge in [-0.1, -0.05) is 36.4 Å². The van der Waals surface area contributed by atoms with Gasteiger partial charge < -0.3 is 15.0 Å². The smallest absolute Gasteiger partial charge is 0.262 e. The SMILES string of the molecule is CN(C)c1ccc(NS(=O)(=O)c2cccc3ccccc23)cc1C(=O)NCCCN1CCOCC1. The van der Waals surface area contributed by atoms with Crippen molar-refractivity contribution < 1.29 is 17.9 Å². The van der Waals surface area contributed by atoms with Crippen LogP contribution >= 0.6 is 0 Å². The number of sulfonamides is 1. The Hall–Kier alpha value is -3.14. The fourth-order valence-corrected chi connectivity index (χ4v) is 5.52. The lowest BCUT2D eigenvalue weighted by molar-refractivity contribution is 0.0374. The van der Waals surface area contributed by atoms with Crippen LogP contribution in [0, 0.1) is 0 Å². The highest BCUT2D eigenvalue weighted by Crippen LogP contribution is 2.27. The summed E-state index contributed by atoms with van der Waals surface area (Å²) in [5.74, 6) is -0.234. The maximum atomic E-state index is 13.2. The monoisotopic (exact) mass is 496 g/mol. The molecule has 35 heavy (non-hydrogen) atoms. The van der Waals surface area contributed by atoms with Crippen LogP contribution in [0.1, 0.15) is 16.8 Å². The minimum atomic E-state index is -3.86. The van der Waals surface area contributed by atoms with E-state index in [0.717, 1.165) is 44.7 Å². The number of hydrogen-bond acceptors (Lipinski definition) is 6. The van der Waals surface area contributed by atoms with E-state index < -0.39 is 10.0 Å². The predicted octanol–water partition coefficient (Wildman–Crippen LogP) is 3.16. The Morgan fingerprint density at radius 3 is 2.54 bits per heavy atom. The van der Waals surface area contributed by atoms with Crippen LogP contribution in [0.2, 0.25) is 0 Å². The molecule has 0 bridgehead atoms. The van der Waals surface area contributed by atoms with E-state index in [2.05, 4.69) is 14.9 Å². The molecule has 0 unspecified atom stereocenters. The Morgan fingerprint density at radius 1 is 1.03 bits per heavy atom. The summed E-state index contributed by atoms with van der Waals surface area (Å²) in [6.07, 6.45) is 0.830. The van der Waals surface area contributed by atoms with Crippen LogP contribution in [0.15, 0.2) is 65.6 Å². The first-order valence-corrected chi connectivity index (χ1v) is 13.2. The number of carbonyl (C=O) groups excluding carboxylic acids is 1. The van der Waals surface area contributed by atoms with Crippen molar-refractivity contribution in [2.45, 2.75) is 11.3 Å². The van der Waals surface area contributed by atoms with Gasteiger partial charge in [0, 0.05) is 50.5 Å². The molecular formula is C26H32N4O4S. The highest BCUT2D eigenvalue weighted by Gasteiger charge is 2.20. The summed E-state index contributed by atoms with van der Waals surface area (Å²) in [6.45, 7) is 4.76. The molecule has 0 radical (unpaired) electrons. The number of benzene rings is 3. The Morgan fingerprint density at radius 2 is 1.77 bits per heavy atom. The molecule has 1 fully saturated rings. The number of rotatable bonds is 9. The zero-order chi connectivity index (χ0) is 24.8. The van der Waals surface area contributed by atoms with Gasteiger partial charge in [0.15, 0.2) is 0 Å². The molecule has 186 valence electrons. The molecule has 8 nitrogen and oxygen atoms in total. The molecule has 2 N–H and O–H groups in total. The number of ether oxygens (including phenoxy) is 1. The summed E-state index contributed by atoms with van der Waals surface area (Å²) in [5, 5.41) is 4.47. The molecule has 1 aliphatic rings. The summed E-state index contributed by atoms with van der Waals surface area (Å²) < 4.78 is 34.5. The van der Waals surface area contributed by atoms with Gasteiger partial charge in [-0.2, -0.15) is 0 Å². The minimum absolute atomic E-state index is 0.196. The topological polar surface area (TPSA) is 91.0 Å². The number of morpholine rings is 1. The van der Waals surface area contributed by atoms with Gasteiger partial charge in [-0.3, -0.25) is 14.4 Å². The third-order valence-corrected chi connectivity index (χ3v) is 7.49. The maximum Gasteiger partial charge on any atom is 0.262 e. The normalized spacial score (nSPS) is 14.6. The van der Waals surface area contributed by atoms with Crippen LogP contribution in [0.5, 0.6) is 0 Å². The van der Waals surface area contributed by atoms with Gasteiger partial charge in [0.2, 0.25) is 0 Å². The first kappa shape index (κ1) is 25.0. The number of anilines is 2. The molecule has 1 heterocycles. The van der Waals surface area contributed by atoms with Gasteiger partial charge in [-0.25, -0.2) is 8.42 Å². The van der Waals surface area contributed by atoms with Crippen molar-refractivity contribution in [3.8, 4) is 0 Å². The summed E-state index contributed by atoms with van der Waals surface area (Å²) >= 11 is 0. The van der Waals surface area contributed by atoms with Crippen LogP contribution in [-0.4, -0.2) is 72.7 Å². The number of fused-ring (bicyclic) bond motifs is 1. The van der Waals surface area contributed by atoms with Crippen LogP contribution in [0.25, 0.3) is 10.8 Å². The fraction of sp³-hybridized carbons (Fsp3) is 0.346. The lowest BCUT2D eigenvalue weighted by Gasteiger charge is -2.26. The minimum Gasteiger partial charge on any atom is -0.379 e. The molecular weight excluding hydrogens is 464 g/mol. The van der Waals surface area contributed by atoms with Crippen molar-refractivity contribution in [1.29, 1.82) is 0 Å². The highest BCUT2D eigenvalue weighted by atomic mass is 32.2. The Labute approximate surface area is 206 Å². The van der Waals surface area contributed by atoms with Crippen LogP contribution in [-0.2, 0) is 14.8 Å². The van der Waals surface area contributed by atoms with E-state index in [9.17, 15) is 13.2 Å². The van der Waals surface area contributed by atoms with Crippen LogP contribution < -0.4 is 14.9 Å². The number of nitrogens with one attached hydrogen (secondary N) is 2. The second-order valence-corrected chi connectivity index (χ2v) is 10.4. The molecule has 1 amide bonds. The van der Waals surface area contributed by atoms with Gasteiger partial charge in [-0.15, -0.1) is 0 Å². The number of amides is 1. The van der Waals surface area contributed by atoms with Gasteiger partial charge in [0.05, 0.1) is 23.7 Å². The molecule has 3 aromatic rings. The second kappa shape index (κ2) is 11.1. The first-order chi connectivity index (χ1) is 16.8. The molecule has 0 spiro atoms. The van der Waals surface area contributed by atoms with E-state index in [-0.39, 0.29) is 10.8 Å². The summed E-state index contributed by atoms with van der Waals surface area (Å²) in [6, 6.07) is 17.6. The Kier molecular flexibility index (Phi) is 7.90. The van der Waals surface area contributed by atoms with Crippen LogP contribution in [0.3, 0.4) is 0 Å². The average molecular weight is 497 g/mol. The predicted molar refractivity (Wildman–Crippen MR) is 140 cm³/mol.